The first-order valence-electron chi connectivity index (χ1n) is 8.34. The topological polar surface area (TPSA) is 110 Å². The van der Waals surface area contributed by atoms with Crippen LogP contribution in [-0.2, 0) is 0 Å². The van der Waals surface area contributed by atoms with Gasteiger partial charge in [-0.25, -0.2) is 15.0 Å². The molecule has 1 aliphatic rings. The number of hydrogen-bond donors (Lipinski definition) is 2. The van der Waals surface area contributed by atoms with Gasteiger partial charge in [0, 0.05) is 12.7 Å². The first-order valence-corrected chi connectivity index (χ1v) is 8.34. The normalized spacial score (nSPS) is 15.4. The second kappa shape index (κ2) is 6.94. The van der Waals surface area contributed by atoms with Gasteiger partial charge in [0.15, 0.2) is 5.69 Å². The predicted octanol–water partition coefficient (Wildman–Crippen LogP) is 3.38. The summed E-state index contributed by atoms with van der Waals surface area (Å²) in [5.74, 6) is 1.74. The number of nitro groups is 1. The first-order chi connectivity index (χ1) is 11.5. The average molecular weight is 330 g/mol. The Hall–Kier alpha value is -2.51. The molecular weight excluding hydrogens is 308 g/mol. The summed E-state index contributed by atoms with van der Waals surface area (Å²) in [5.41, 5.74) is 0.968. The number of aryl methyl sites for hydroxylation is 2. The summed E-state index contributed by atoms with van der Waals surface area (Å²) < 4.78 is 0. The van der Waals surface area contributed by atoms with E-state index < -0.39 is 4.92 Å². The van der Waals surface area contributed by atoms with Crippen molar-refractivity contribution in [2.75, 3.05) is 11.9 Å². The van der Waals surface area contributed by atoms with Crippen molar-refractivity contribution in [2.45, 2.75) is 46.0 Å². The summed E-state index contributed by atoms with van der Waals surface area (Å²) >= 11 is 0. The van der Waals surface area contributed by atoms with Crippen LogP contribution in [0.5, 0.6) is 0 Å². The fourth-order valence-electron chi connectivity index (χ4n) is 3.21. The number of aromatic amines is 1. The van der Waals surface area contributed by atoms with Crippen LogP contribution in [0.3, 0.4) is 0 Å². The second-order valence-electron chi connectivity index (χ2n) is 6.34. The molecule has 0 amide bonds. The van der Waals surface area contributed by atoms with Gasteiger partial charge in [0.25, 0.3) is 0 Å². The predicted molar refractivity (Wildman–Crippen MR) is 90.8 cm³/mol. The van der Waals surface area contributed by atoms with Crippen molar-refractivity contribution in [3.05, 3.63) is 27.8 Å². The van der Waals surface area contributed by atoms with Crippen molar-refractivity contribution in [1.29, 1.82) is 0 Å². The monoisotopic (exact) mass is 330 g/mol. The molecule has 8 heteroatoms. The summed E-state index contributed by atoms with van der Waals surface area (Å²) in [6.07, 6.45) is 7.91. The lowest BCUT2D eigenvalue weighted by molar-refractivity contribution is -0.385. The highest BCUT2D eigenvalue weighted by molar-refractivity contribution is 5.68. The van der Waals surface area contributed by atoms with Crippen molar-refractivity contribution in [3.8, 4) is 11.4 Å². The van der Waals surface area contributed by atoms with Gasteiger partial charge in [0.05, 0.1) is 4.92 Å². The molecule has 0 spiro atoms. The number of nitrogens with one attached hydrogen (secondary N) is 2. The Morgan fingerprint density at radius 3 is 2.62 bits per heavy atom. The van der Waals surface area contributed by atoms with Gasteiger partial charge in [0.2, 0.25) is 5.95 Å². The molecule has 0 saturated heterocycles. The molecule has 8 nitrogen and oxygen atoms in total. The van der Waals surface area contributed by atoms with Crippen molar-refractivity contribution >= 4 is 11.6 Å². The van der Waals surface area contributed by atoms with Crippen LogP contribution in [-0.4, -0.2) is 31.4 Å². The molecule has 0 bridgehead atoms. The van der Waals surface area contributed by atoms with E-state index >= 15 is 0 Å². The maximum Gasteiger partial charge on any atom is 0.318 e. The molecular formula is C16H22N6O2. The Bertz CT molecular complexity index is 736. The van der Waals surface area contributed by atoms with E-state index in [1.807, 2.05) is 0 Å². The summed E-state index contributed by atoms with van der Waals surface area (Å²) in [5, 5.41) is 14.7. The lowest BCUT2D eigenvalue weighted by atomic mass is 9.89. The summed E-state index contributed by atoms with van der Waals surface area (Å²) in [7, 11) is 0. The number of H-pyrrole nitrogens is 1. The Morgan fingerprint density at radius 2 is 2.00 bits per heavy atom. The standard InChI is InChI=1S/C16H22N6O2/c1-10-15(22(23)24)14(13-9-17-11(2)20-13)21-16(19-10)18-8-12-6-4-3-5-7-12/h9,12H,3-8H2,1-2H3,(H,17,20)(H,18,19,21). The first kappa shape index (κ1) is 16.4. The maximum atomic E-state index is 11.4. The van der Waals surface area contributed by atoms with Gasteiger partial charge in [-0.15, -0.1) is 0 Å². The highest BCUT2D eigenvalue weighted by atomic mass is 16.6. The largest absolute Gasteiger partial charge is 0.354 e. The van der Waals surface area contributed by atoms with Crippen LogP contribution >= 0.6 is 0 Å². The maximum absolute atomic E-state index is 11.4. The molecule has 128 valence electrons. The molecule has 0 aromatic carbocycles. The van der Waals surface area contributed by atoms with Gasteiger partial charge in [-0.1, -0.05) is 19.3 Å². The summed E-state index contributed by atoms with van der Waals surface area (Å²) in [4.78, 5) is 26.8. The second-order valence-corrected chi connectivity index (χ2v) is 6.34. The van der Waals surface area contributed by atoms with E-state index in [-0.39, 0.29) is 11.4 Å². The van der Waals surface area contributed by atoms with E-state index in [4.69, 9.17) is 0 Å². The number of hydrogen-bond acceptors (Lipinski definition) is 6. The highest BCUT2D eigenvalue weighted by Gasteiger charge is 2.25. The minimum absolute atomic E-state index is 0.0929. The minimum atomic E-state index is -0.445. The van der Waals surface area contributed by atoms with Crippen LogP contribution in [0.4, 0.5) is 11.6 Å². The molecule has 3 rings (SSSR count). The Morgan fingerprint density at radius 1 is 1.25 bits per heavy atom. The number of imidazole rings is 1. The molecule has 0 radical (unpaired) electrons. The lowest BCUT2D eigenvalue weighted by Crippen LogP contribution is -2.19. The third-order valence-corrected chi connectivity index (χ3v) is 4.46. The van der Waals surface area contributed by atoms with Crippen LogP contribution in [0.25, 0.3) is 11.4 Å². The zero-order chi connectivity index (χ0) is 17.1. The molecule has 1 saturated carbocycles. The molecule has 2 aromatic heterocycles. The van der Waals surface area contributed by atoms with Crippen LogP contribution in [0.1, 0.15) is 43.6 Å². The molecule has 0 aliphatic heterocycles. The zero-order valence-corrected chi connectivity index (χ0v) is 14.0. The van der Waals surface area contributed by atoms with Crippen molar-refractivity contribution in [2.24, 2.45) is 5.92 Å². The number of nitrogens with zero attached hydrogens (tertiary/aromatic N) is 4. The van der Waals surface area contributed by atoms with E-state index in [9.17, 15) is 10.1 Å². The molecule has 2 N–H and O–H groups in total. The molecule has 2 heterocycles. The van der Waals surface area contributed by atoms with Crippen LogP contribution in [0.2, 0.25) is 0 Å². The molecule has 1 aliphatic carbocycles. The SMILES string of the molecule is Cc1nc(-c2nc(NCC3CCCCC3)nc(C)c2[N+](=O)[O-])c[nH]1. The molecule has 0 unspecified atom stereocenters. The number of rotatable bonds is 5. The van der Waals surface area contributed by atoms with E-state index in [1.165, 1.54) is 32.1 Å². The van der Waals surface area contributed by atoms with Crippen LogP contribution in [0.15, 0.2) is 6.20 Å². The fraction of sp³-hybridized carbons (Fsp3) is 0.562. The van der Waals surface area contributed by atoms with Gasteiger partial charge in [-0.05, 0) is 32.6 Å². The van der Waals surface area contributed by atoms with E-state index in [0.29, 0.717) is 29.1 Å². The average Bonchev–Trinajstić information content (AvgIpc) is 2.99. The van der Waals surface area contributed by atoms with E-state index in [0.717, 1.165) is 6.54 Å². The highest BCUT2D eigenvalue weighted by Crippen LogP contribution is 2.30. The Balaban J connectivity index is 1.88. The van der Waals surface area contributed by atoms with Crippen molar-refractivity contribution in [3.63, 3.8) is 0 Å². The lowest BCUT2D eigenvalue weighted by Gasteiger charge is -2.21. The molecule has 1 fully saturated rings. The van der Waals surface area contributed by atoms with Crippen molar-refractivity contribution < 1.29 is 4.92 Å². The van der Waals surface area contributed by atoms with Gasteiger partial charge < -0.3 is 10.3 Å². The zero-order valence-electron chi connectivity index (χ0n) is 14.0. The fourth-order valence-corrected chi connectivity index (χ4v) is 3.21. The van der Waals surface area contributed by atoms with Gasteiger partial charge in [-0.2, -0.15) is 0 Å². The van der Waals surface area contributed by atoms with Gasteiger partial charge in [0.1, 0.15) is 17.2 Å². The molecule has 24 heavy (non-hydrogen) atoms. The smallest absolute Gasteiger partial charge is 0.318 e. The Kier molecular flexibility index (Phi) is 4.73. The summed E-state index contributed by atoms with van der Waals surface area (Å²) in [6, 6.07) is 0. The van der Waals surface area contributed by atoms with Crippen LogP contribution < -0.4 is 5.32 Å². The molecule has 0 atom stereocenters. The number of anilines is 1. The van der Waals surface area contributed by atoms with Gasteiger partial charge >= 0.3 is 5.69 Å². The summed E-state index contributed by atoms with van der Waals surface area (Å²) in [6.45, 7) is 4.23. The number of aromatic nitrogens is 4. The van der Waals surface area contributed by atoms with E-state index in [2.05, 4.69) is 25.3 Å². The third kappa shape index (κ3) is 3.52. The van der Waals surface area contributed by atoms with Crippen LogP contribution in [0, 0.1) is 29.9 Å². The van der Waals surface area contributed by atoms with Gasteiger partial charge in [-0.3, -0.25) is 10.1 Å². The van der Waals surface area contributed by atoms with E-state index in [1.54, 1.807) is 20.0 Å². The van der Waals surface area contributed by atoms with Crippen molar-refractivity contribution in [1.82, 2.24) is 19.9 Å². The Labute approximate surface area is 140 Å². The minimum Gasteiger partial charge on any atom is -0.354 e. The molecule has 2 aromatic rings. The quantitative estimate of drug-likeness (QED) is 0.642. The third-order valence-electron chi connectivity index (χ3n) is 4.46.